The second-order valence-corrected chi connectivity index (χ2v) is 7.28. The Morgan fingerprint density at radius 2 is 2.15 bits per heavy atom. The first-order valence-electron chi connectivity index (χ1n) is 8.20. The van der Waals surface area contributed by atoms with Gasteiger partial charge in [-0.3, -0.25) is 4.68 Å². The highest BCUT2D eigenvalue weighted by atomic mass is 35.5. The van der Waals surface area contributed by atoms with E-state index < -0.39 is 18.3 Å². The third-order valence-electron chi connectivity index (χ3n) is 4.78. The summed E-state index contributed by atoms with van der Waals surface area (Å²) in [5.41, 5.74) is 3.16. The van der Waals surface area contributed by atoms with Gasteiger partial charge in [0.15, 0.2) is 0 Å². The number of nitrogens with one attached hydrogen (secondary N) is 1. The Bertz CT molecular complexity index is 928. The van der Waals surface area contributed by atoms with Gasteiger partial charge in [-0.1, -0.05) is 29.3 Å². The van der Waals surface area contributed by atoms with Crippen molar-refractivity contribution in [1.82, 2.24) is 15.3 Å². The summed E-state index contributed by atoms with van der Waals surface area (Å²) in [4.78, 5) is 20.8. The number of benzene rings is 1. The largest absolute Gasteiger partial charge is 0.384 e. The average molecular weight is 415 g/mol. The first-order valence-corrected chi connectivity index (χ1v) is 8.96. The SMILES string of the molecule is O=CCn1nc(C(F)F)cc1C1=NC(C2(c3ccc(Cl)cc3Cl)CC2)NO1. The molecule has 1 aromatic heterocycles. The first kappa shape index (κ1) is 18.3. The molecule has 2 heterocycles. The smallest absolute Gasteiger partial charge is 0.282 e. The van der Waals surface area contributed by atoms with E-state index in [2.05, 4.69) is 15.6 Å². The number of carbonyl (C=O) groups is 1. The molecule has 0 radical (unpaired) electrons. The van der Waals surface area contributed by atoms with Gasteiger partial charge in [-0.2, -0.15) is 5.10 Å². The molecule has 1 aliphatic heterocycles. The lowest BCUT2D eigenvalue weighted by Gasteiger charge is -2.21. The highest BCUT2D eigenvalue weighted by Gasteiger charge is 2.54. The second kappa shape index (κ2) is 6.85. The van der Waals surface area contributed by atoms with Crippen molar-refractivity contribution in [3.63, 3.8) is 0 Å². The number of hydrogen-bond donors (Lipinski definition) is 1. The highest BCUT2D eigenvalue weighted by molar-refractivity contribution is 6.35. The second-order valence-electron chi connectivity index (χ2n) is 6.44. The van der Waals surface area contributed by atoms with Crippen LogP contribution < -0.4 is 5.48 Å². The molecule has 1 saturated carbocycles. The van der Waals surface area contributed by atoms with Crippen molar-refractivity contribution in [3.05, 3.63) is 51.3 Å². The van der Waals surface area contributed by atoms with Crippen LogP contribution in [0.15, 0.2) is 29.3 Å². The fourth-order valence-electron chi connectivity index (χ4n) is 3.28. The van der Waals surface area contributed by atoms with E-state index in [-0.39, 0.29) is 23.6 Å². The number of halogens is 4. The molecule has 0 bridgehead atoms. The molecule has 0 amide bonds. The van der Waals surface area contributed by atoms with E-state index >= 15 is 0 Å². The lowest BCUT2D eigenvalue weighted by molar-refractivity contribution is -0.108. The maximum absolute atomic E-state index is 13.0. The molecule has 0 spiro atoms. The van der Waals surface area contributed by atoms with E-state index in [1.54, 1.807) is 12.1 Å². The van der Waals surface area contributed by atoms with Gasteiger partial charge >= 0.3 is 0 Å². The molecule has 10 heteroatoms. The summed E-state index contributed by atoms with van der Waals surface area (Å²) in [7, 11) is 0. The number of carbonyl (C=O) groups excluding carboxylic acids is 1. The Morgan fingerprint density at radius 1 is 1.37 bits per heavy atom. The molecule has 1 aliphatic carbocycles. The molecule has 1 unspecified atom stereocenters. The van der Waals surface area contributed by atoms with Crippen LogP contribution in [0.3, 0.4) is 0 Å². The molecule has 142 valence electrons. The molecule has 27 heavy (non-hydrogen) atoms. The molecule has 4 rings (SSSR count). The topological polar surface area (TPSA) is 68.5 Å². The summed E-state index contributed by atoms with van der Waals surface area (Å²) in [6.45, 7) is -0.177. The Hall–Kier alpha value is -2.03. The van der Waals surface area contributed by atoms with Gasteiger partial charge < -0.3 is 9.63 Å². The number of hydroxylamine groups is 1. The Labute approximate surface area is 163 Å². The van der Waals surface area contributed by atoms with E-state index in [1.165, 1.54) is 6.07 Å². The number of aromatic nitrogens is 2. The van der Waals surface area contributed by atoms with E-state index in [4.69, 9.17) is 28.0 Å². The first-order chi connectivity index (χ1) is 12.9. The molecule has 1 aromatic carbocycles. The maximum atomic E-state index is 13.0. The minimum absolute atomic E-state index is 0.109. The van der Waals surface area contributed by atoms with Gasteiger partial charge in [-0.25, -0.2) is 13.8 Å². The van der Waals surface area contributed by atoms with Crippen molar-refractivity contribution in [2.75, 3.05) is 0 Å². The minimum atomic E-state index is -2.76. The molecule has 2 aromatic rings. The normalized spacial score (nSPS) is 20.5. The Morgan fingerprint density at radius 3 is 2.78 bits per heavy atom. The van der Waals surface area contributed by atoms with Gasteiger partial charge in [0.25, 0.3) is 12.3 Å². The number of aliphatic imine (C=N–C) groups is 1. The van der Waals surface area contributed by atoms with Gasteiger partial charge in [-0.05, 0) is 36.6 Å². The molecule has 2 aliphatic rings. The van der Waals surface area contributed by atoms with E-state index in [0.717, 1.165) is 23.1 Å². The summed E-state index contributed by atoms with van der Waals surface area (Å²) in [6, 6.07) is 6.47. The van der Waals surface area contributed by atoms with Crippen molar-refractivity contribution < 1.29 is 18.4 Å². The average Bonchev–Trinajstić information content (AvgIpc) is 3.07. The maximum Gasteiger partial charge on any atom is 0.282 e. The number of hydrogen-bond acceptors (Lipinski definition) is 5. The summed E-state index contributed by atoms with van der Waals surface area (Å²) in [5.74, 6) is 0.109. The van der Waals surface area contributed by atoms with Crippen molar-refractivity contribution >= 4 is 35.4 Å². The summed E-state index contributed by atoms with van der Waals surface area (Å²) in [6.07, 6.45) is -0.961. The number of rotatable bonds is 6. The van der Waals surface area contributed by atoms with Gasteiger partial charge in [-0.15, -0.1) is 5.48 Å². The Kier molecular flexibility index (Phi) is 4.65. The van der Waals surface area contributed by atoms with Crippen LogP contribution in [0.4, 0.5) is 8.78 Å². The molecule has 1 N–H and O–H groups in total. The van der Waals surface area contributed by atoms with Crippen LogP contribution in [-0.2, 0) is 21.6 Å². The predicted octanol–water partition coefficient (Wildman–Crippen LogP) is 3.67. The van der Waals surface area contributed by atoms with Crippen LogP contribution in [0.25, 0.3) is 0 Å². The van der Waals surface area contributed by atoms with Crippen LogP contribution >= 0.6 is 23.2 Å². The van der Waals surface area contributed by atoms with E-state index in [1.807, 2.05) is 6.07 Å². The quantitative estimate of drug-likeness (QED) is 0.732. The monoisotopic (exact) mass is 414 g/mol. The van der Waals surface area contributed by atoms with Gasteiger partial charge in [0.05, 0.1) is 6.54 Å². The fraction of sp³-hybridized carbons (Fsp3) is 0.353. The minimum Gasteiger partial charge on any atom is -0.384 e. The van der Waals surface area contributed by atoms with Crippen LogP contribution in [0.5, 0.6) is 0 Å². The Balaban J connectivity index is 1.67. The summed E-state index contributed by atoms with van der Waals surface area (Å²) < 4.78 is 27.1. The molecular weight excluding hydrogens is 401 g/mol. The zero-order valence-corrected chi connectivity index (χ0v) is 15.3. The fourth-order valence-corrected chi connectivity index (χ4v) is 3.88. The van der Waals surface area contributed by atoms with Crippen molar-refractivity contribution in [3.8, 4) is 0 Å². The molecule has 1 fully saturated rings. The standard InChI is InChI=1S/C17H14Cl2F2N4O2/c18-9-1-2-10(11(19)7-9)17(3-4-17)16-22-15(27-24-16)13-8-12(14(20)21)23-25(13)5-6-26/h1-2,6-8,14,16,24H,3-5H2. The van der Waals surface area contributed by atoms with Gasteiger partial charge in [0.2, 0.25) is 0 Å². The van der Waals surface area contributed by atoms with Crippen molar-refractivity contribution in [2.24, 2.45) is 4.99 Å². The van der Waals surface area contributed by atoms with Gasteiger partial charge in [0.1, 0.15) is 23.8 Å². The molecule has 6 nitrogen and oxygen atoms in total. The van der Waals surface area contributed by atoms with E-state index in [9.17, 15) is 13.6 Å². The number of aldehydes is 1. The molecule has 0 saturated heterocycles. The highest BCUT2D eigenvalue weighted by Crippen LogP contribution is 2.54. The lowest BCUT2D eigenvalue weighted by Crippen LogP contribution is -2.34. The third-order valence-corrected chi connectivity index (χ3v) is 5.33. The van der Waals surface area contributed by atoms with Crippen LogP contribution in [0, 0.1) is 0 Å². The lowest BCUT2D eigenvalue weighted by atomic mass is 9.93. The zero-order chi connectivity index (χ0) is 19.2. The number of nitrogens with zero attached hydrogens (tertiary/aromatic N) is 3. The van der Waals surface area contributed by atoms with Crippen molar-refractivity contribution in [2.45, 2.75) is 37.4 Å². The van der Waals surface area contributed by atoms with Gasteiger partial charge in [0, 0.05) is 15.5 Å². The zero-order valence-electron chi connectivity index (χ0n) is 13.8. The summed E-state index contributed by atoms with van der Waals surface area (Å²) >= 11 is 12.3. The van der Waals surface area contributed by atoms with Crippen LogP contribution in [-0.4, -0.2) is 28.1 Å². The molecule has 1 atom stereocenters. The van der Waals surface area contributed by atoms with Crippen LogP contribution in [0.1, 0.15) is 36.2 Å². The summed E-state index contributed by atoms with van der Waals surface area (Å²) in [5, 5.41) is 4.82. The van der Waals surface area contributed by atoms with E-state index in [0.29, 0.717) is 16.3 Å². The molecular formula is C17H14Cl2F2N4O2. The third kappa shape index (κ3) is 3.22. The van der Waals surface area contributed by atoms with Crippen molar-refractivity contribution in [1.29, 1.82) is 0 Å². The van der Waals surface area contributed by atoms with Crippen LogP contribution in [0.2, 0.25) is 10.0 Å². The number of alkyl halides is 2. The predicted molar refractivity (Wildman–Crippen MR) is 95.2 cm³/mol.